The molecule has 0 fully saturated rings. The van der Waals surface area contributed by atoms with Crippen molar-refractivity contribution in [1.82, 2.24) is 108 Å². The Hall–Kier alpha value is -18.6. The van der Waals surface area contributed by atoms with E-state index in [-0.39, 0.29) is 86.0 Å². The Labute approximate surface area is 874 Å². The van der Waals surface area contributed by atoms with Gasteiger partial charge in [-0.3, -0.25) is 88.6 Å². The second-order valence-corrected chi connectivity index (χ2v) is 33.4. The molecule has 0 aliphatic rings. The molecule has 0 bridgehead atoms. The van der Waals surface area contributed by atoms with Gasteiger partial charge in [0.15, 0.2) is 11.6 Å². The van der Waals surface area contributed by atoms with Crippen LogP contribution < -0.4 is 42.5 Å². The number of rotatable bonds is 14. The number of imidazole rings is 2. The molecule has 148 heavy (non-hydrogen) atoms. The van der Waals surface area contributed by atoms with Crippen LogP contribution in [0.4, 0.5) is 34.1 Å². The normalized spacial score (nSPS) is 10.6. The fourth-order valence-electron chi connectivity index (χ4n) is 16.4. The number of carbonyl (C=O) groups excluding carboxylic acids is 6. The number of nitrogens with zero attached hydrogens (tertiary/aromatic N) is 20. The van der Waals surface area contributed by atoms with E-state index in [1.165, 1.54) is 12.4 Å². The average Bonchev–Trinajstić information content (AvgIpc) is 1.21. The van der Waals surface area contributed by atoms with Crippen LogP contribution in [0.25, 0.3) is 131 Å². The van der Waals surface area contributed by atoms with Crippen LogP contribution in [0.1, 0.15) is 77.0 Å². The summed E-state index contributed by atoms with van der Waals surface area (Å²) in [5.41, 5.74) is 17.3. The van der Waals surface area contributed by atoms with Gasteiger partial charge in [0.25, 0.3) is 35.4 Å². The number of amides is 6. The van der Waals surface area contributed by atoms with E-state index in [4.69, 9.17) is 0 Å². The van der Waals surface area contributed by atoms with Gasteiger partial charge >= 0.3 is 0 Å². The molecule has 740 valence electrons. The van der Waals surface area contributed by atoms with E-state index in [9.17, 15) is 28.8 Å². The molecule has 0 aliphatic carbocycles. The number of aromatic nitrogens is 20. The second-order valence-electron chi connectivity index (χ2n) is 33.4. The zero-order valence-electron chi connectivity index (χ0n) is 82.0. The number of aryl methyl sites for hydroxylation is 6. The smallest absolute Gasteiger partial charge is 0.291 e. The number of carbonyl (C=O) groups is 6. The van der Waals surface area contributed by atoms with Crippen molar-refractivity contribution in [1.29, 1.82) is 0 Å². The molecule has 18 aromatic heterocycles. The number of anilines is 6. The number of benzene rings is 6. The predicted octanol–water partition coefficient (Wildman–Crippen LogP) is 19.5. The third kappa shape index (κ3) is 24.2. The molecule has 18 heterocycles. The Bertz CT molecular complexity index is 8110. The van der Waals surface area contributed by atoms with Gasteiger partial charge in [-0.2, -0.15) is 0 Å². The number of pyridine rings is 12. The molecule has 6 amide bonds. The van der Waals surface area contributed by atoms with Crippen molar-refractivity contribution < 1.29 is 67.7 Å². The first-order valence-corrected chi connectivity index (χ1v) is 46.6. The summed E-state index contributed by atoms with van der Waals surface area (Å²) in [4.78, 5) is 134. The summed E-state index contributed by atoms with van der Waals surface area (Å²) in [5.74, 6) is -1.36. The molecule has 0 atom stereocenters. The first-order valence-electron chi connectivity index (χ1n) is 46.6. The molecule has 34 nitrogen and oxygen atoms in total. The van der Waals surface area contributed by atoms with Crippen molar-refractivity contribution in [3.63, 3.8) is 0 Å². The molecule has 0 radical (unpaired) electrons. The maximum Gasteiger partial charge on any atom is 0.291 e. The van der Waals surface area contributed by atoms with Gasteiger partial charge in [-0.25, -0.2) is 9.97 Å². The molecular weight excluding hydrogens is 2040 g/mol. The third-order valence-electron chi connectivity index (χ3n) is 23.5. The van der Waals surface area contributed by atoms with Gasteiger partial charge in [-0.1, -0.05) is 121 Å². The minimum atomic E-state index is -0.371. The Balaban J connectivity index is 0.000000129. The van der Waals surface area contributed by atoms with Gasteiger partial charge in [0.05, 0.1) is 101 Å². The number of hydrogen-bond acceptors (Lipinski definition) is 22. The molecule has 0 saturated heterocycles. The largest absolute Gasteiger partial charge is 0.388 e. The predicted molar refractivity (Wildman–Crippen MR) is 577 cm³/mol. The van der Waals surface area contributed by atoms with Crippen LogP contribution >= 0.6 is 0 Å². The van der Waals surface area contributed by atoms with Gasteiger partial charge < -0.3 is 69.9 Å². The van der Waals surface area contributed by atoms with Crippen molar-refractivity contribution in [3.05, 3.63) is 389 Å². The molecule has 0 aliphatic heterocycles. The number of hydrogen-bond donors (Lipinski definition) is 8. The molecule has 0 spiro atoms. The molecule has 8 N–H and O–H groups in total. The SMILES string of the molecule is CCNC(=O)c1cc(NC(=O)c2cc(NC(=O)c3nccn3C)cn2C)cn1C.CCNC(=O)c1cc(NC(=O)c2cc(NC(=O)c3nccn3C)cn2C)cn1C.CNc1cc2cccnc2c2ncccc12.CNc1cnc2c(ccc3cccnc32)c1.[Ru].[Ru].c1cnc2c(c1)ccc1cccnc12.c1cnc2c(c1)ccc1cccnc12.c1cnc2c(c1)ccc1cccnc12.c1cnc2c(c1)ccc1cccnc12. The zero-order chi connectivity index (χ0) is 102. The van der Waals surface area contributed by atoms with E-state index < -0.39 is 0 Å². The molecule has 6 aromatic carbocycles. The van der Waals surface area contributed by atoms with E-state index in [0.717, 1.165) is 142 Å². The van der Waals surface area contributed by atoms with Crippen LogP contribution in [-0.4, -0.2) is 160 Å². The van der Waals surface area contributed by atoms with Gasteiger partial charge in [0, 0.05) is 296 Å². The van der Waals surface area contributed by atoms with Gasteiger partial charge in [-0.15, -0.1) is 0 Å². The number of fused-ring (bicyclic) bond motifs is 18. The standard InChI is InChI=1S/2C19H23N7O3.2C13H11N3.4C12H8N2.2Ru/c2*1-5-20-17(27)14-8-12(10-25(14)3)22-18(28)15-9-13(11-26(15)4)23-19(29)16-21-6-7-24(16)2;1-14-11-8-9-4-2-6-15-12(9)13-10(11)5-3-7-16-13;1-14-11-7-10-5-4-9-3-2-6-15-12(9)13(10)16-8-11;4*1-3-9-5-6-10-4-2-8-14-12(10)11(9)13-7-1;;/h2*6-11H,5H2,1-4H3,(H,20,27)(H,22,28)(H,23,29);2*2-8,14H,1H3;4*1-8H;;. The minimum Gasteiger partial charge on any atom is -0.388 e. The van der Waals surface area contributed by atoms with E-state index in [1.807, 2.05) is 101 Å². The topological polar surface area (TPSA) is 409 Å². The van der Waals surface area contributed by atoms with Crippen molar-refractivity contribution in [2.45, 2.75) is 13.8 Å². The Morgan fingerprint density at radius 2 is 0.473 bits per heavy atom. The van der Waals surface area contributed by atoms with Crippen molar-refractivity contribution in [3.8, 4) is 0 Å². The maximum absolute atomic E-state index is 12.7. The molecule has 24 aromatic rings. The van der Waals surface area contributed by atoms with E-state index in [0.29, 0.717) is 58.6 Å². The summed E-state index contributed by atoms with van der Waals surface area (Å²) >= 11 is 0. The summed E-state index contributed by atoms with van der Waals surface area (Å²) in [6, 6.07) is 75.2. The minimum absolute atomic E-state index is 0. The number of nitrogens with one attached hydrogen (secondary N) is 8. The molecule has 24 rings (SSSR count). The van der Waals surface area contributed by atoms with Gasteiger partial charge in [0.1, 0.15) is 22.8 Å². The van der Waals surface area contributed by atoms with Crippen LogP contribution in [0.5, 0.6) is 0 Å². The summed E-state index contributed by atoms with van der Waals surface area (Å²) in [6.45, 7) is 4.70. The quantitative estimate of drug-likeness (QED) is 0.0370. The van der Waals surface area contributed by atoms with Crippen LogP contribution in [0, 0.1) is 0 Å². The molecule has 0 saturated carbocycles. The summed E-state index contributed by atoms with van der Waals surface area (Å²) < 4.78 is 9.71. The monoisotopic (exact) mass is 2140 g/mol. The molecule has 36 heteroatoms. The maximum atomic E-state index is 12.7. The van der Waals surface area contributed by atoms with Crippen LogP contribution in [0.2, 0.25) is 0 Å². The summed E-state index contributed by atoms with van der Waals surface area (Å²) in [7, 11) is 14.1. The average molecular weight is 2140 g/mol. The molecular formula is C112H100N28O6Ru2. The van der Waals surface area contributed by atoms with Crippen LogP contribution in [-0.2, 0) is 81.2 Å². The van der Waals surface area contributed by atoms with Gasteiger partial charge in [-0.05, 0) is 123 Å². The Kier molecular flexibility index (Phi) is 34.0. The van der Waals surface area contributed by atoms with Crippen LogP contribution in [0.3, 0.4) is 0 Å². The fourth-order valence-corrected chi connectivity index (χ4v) is 16.4. The second kappa shape index (κ2) is 48.5. The Morgan fingerprint density at radius 3 is 0.736 bits per heavy atom. The van der Waals surface area contributed by atoms with E-state index in [2.05, 4.69) is 252 Å². The van der Waals surface area contributed by atoms with Crippen molar-refractivity contribution >= 4 is 200 Å². The Morgan fingerprint density at radius 1 is 0.236 bits per heavy atom. The van der Waals surface area contributed by atoms with Crippen molar-refractivity contribution in [2.24, 2.45) is 42.3 Å². The fraction of sp³-hybridized carbons (Fsp3) is 0.107. The zero-order valence-corrected chi connectivity index (χ0v) is 85.5. The van der Waals surface area contributed by atoms with Gasteiger partial charge in [0.2, 0.25) is 0 Å². The third-order valence-corrected chi connectivity index (χ3v) is 23.5. The molecule has 0 unspecified atom stereocenters. The van der Waals surface area contributed by atoms with E-state index >= 15 is 0 Å². The first-order chi connectivity index (χ1) is 71.2. The van der Waals surface area contributed by atoms with Crippen LogP contribution in [0.15, 0.2) is 354 Å². The van der Waals surface area contributed by atoms with Crippen molar-refractivity contribution in [2.75, 3.05) is 59.1 Å². The first kappa shape index (κ1) is 104. The summed E-state index contributed by atoms with van der Waals surface area (Å²) in [6.07, 6.45) is 34.7. The van der Waals surface area contributed by atoms with E-state index in [1.54, 1.807) is 199 Å². The summed E-state index contributed by atoms with van der Waals surface area (Å²) in [5, 5.41) is 36.3.